The molecule has 0 saturated carbocycles. The third-order valence-corrected chi connectivity index (χ3v) is 4.91. The van der Waals surface area contributed by atoms with Gasteiger partial charge >= 0.3 is 0 Å². The Bertz CT molecular complexity index is 1280. The van der Waals surface area contributed by atoms with Gasteiger partial charge in [0.05, 0.1) is 12.8 Å². The van der Waals surface area contributed by atoms with Gasteiger partial charge in [0.2, 0.25) is 5.78 Å². The molecule has 0 aliphatic rings. The summed E-state index contributed by atoms with van der Waals surface area (Å²) in [7, 11) is 1.54. The Morgan fingerprint density at radius 1 is 0.969 bits per heavy atom. The first-order valence-electron chi connectivity index (χ1n) is 9.90. The lowest BCUT2D eigenvalue weighted by Gasteiger charge is -2.15. The first-order chi connectivity index (χ1) is 15.5. The highest BCUT2D eigenvalue weighted by Gasteiger charge is 2.26. The lowest BCUT2D eigenvalue weighted by molar-refractivity contribution is -0.122. The third kappa shape index (κ3) is 4.18. The van der Waals surface area contributed by atoms with Crippen LogP contribution in [-0.4, -0.2) is 24.9 Å². The summed E-state index contributed by atoms with van der Waals surface area (Å²) in [5.74, 6) is -0.968. The molecule has 0 bridgehead atoms. The Kier molecular flexibility index (Phi) is 5.89. The topological polar surface area (TPSA) is 77.8 Å². The number of hydrogen-bond acceptors (Lipinski definition) is 5. The van der Waals surface area contributed by atoms with E-state index in [9.17, 15) is 14.0 Å². The van der Waals surface area contributed by atoms with Crippen LogP contribution in [0.1, 0.15) is 23.0 Å². The highest BCUT2D eigenvalue weighted by Crippen LogP contribution is 2.33. The molecule has 1 aromatic heterocycles. The van der Waals surface area contributed by atoms with Gasteiger partial charge < -0.3 is 19.2 Å². The summed E-state index contributed by atoms with van der Waals surface area (Å²) in [6.07, 6.45) is -1.02. The van der Waals surface area contributed by atoms with Crippen LogP contribution in [0.4, 0.5) is 10.1 Å². The molecule has 162 valence electrons. The number of carbonyl (C=O) groups excluding carboxylic acids is 2. The summed E-state index contributed by atoms with van der Waals surface area (Å²) < 4.78 is 30.3. The Balaban J connectivity index is 1.64. The van der Waals surface area contributed by atoms with Crippen LogP contribution in [0.25, 0.3) is 11.0 Å². The van der Waals surface area contributed by atoms with Gasteiger partial charge in [0.15, 0.2) is 23.4 Å². The Hall–Kier alpha value is -4.13. The molecule has 1 amide bonds. The molecule has 1 N–H and O–H groups in total. The molecule has 4 aromatic rings. The maximum absolute atomic E-state index is 13.9. The van der Waals surface area contributed by atoms with Gasteiger partial charge in [0.1, 0.15) is 11.3 Å². The number of carbonyl (C=O) groups is 2. The van der Waals surface area contributed by atoms with E-state index < -0.39 is 23.6 Å². The smallest absolute Gasteiger partial charge is 0.265 e. The number of halogens is 1. The highest BCUT2D eigenvalue weighted by atomic mass is 19.1. The van der Waals surface area contributed by atoms with Gasteiger partial charge in [-0.25, -0.2) is 4.39 Å². The summed E-state index contributed by atoms with van der Waals surface area (Å²) in [6.45, 7) is 1.50. The molecule has 6 nitrogen and oxygen atoms in total. The van der Waals surface area contributed by atoms with Gasteiger partial charge in [0, 0.05) is 10.9 Å². The molecule has 0 aliphatic heterocycles. The van der Waals surface area contributed by atoms with Crippen molar-refractivity contribution in [3.8, 4) is 11.5 Å². The first-order valence-corrected chi connectivity index (χ1v) is 9.90. The van der Waals surface area contributed by atoms with Crippen molar-refractivity contribution in [1.29, 1.82) is 0 Å². The van der Waals surface area contributed by atoms with Crippen LogP contribution >= 0.6 is 0 Å². The molecule has 3 aromatic carbocycles. The molecule has 0 radical (unpaired) electrons. The summed E-state index contributed by atoms with van der Waals surface area (Å²) >= 11 is 0. The van der Waals surface area contributed by atoms with E-state index in [0.717, 1.165) is 0 Å². The fourth-order valence-corrected chi connectivity index (χ4v) is 3.21. The summed E-state index contributed by atoms with van der Waals surface area (Å²) in [6, 6.07) is 19.4. The number of amides is 1. The molecule has 4 rings (SSSR count). The predicted molar refractivity (Wildman–Crippen MR) is 118 cm³/mol. The number of benzene rings is 3. The Morgan fingerprint density at radius 2 is 1.66 bits per heavy atom. The van der Waals surface area contributed by atoms with E-state index in [0.29, 0.717) is 22.3 Å². The number of ketones is 1. The lowest BCUT2D eigenvalue weighted by Crippen LogP contribution is -2.30. The summed E-state index contributed by atoms with van der Waals surface area (Å²) in [5.41, 5.74) is 1.05. The maximum Gasteiger partial charge on any atom is 0.265 e. The van der Waals surface area contributed by atoms with Crippen molar-refractivity contribution in [2.75, 3.05) is 12.4 Å². The second-order valence-electron chi connectivity index (χ2n) is 7.04. The molecule has 7 heteroatoms. The zero-order valence-corrected chi connectivity index (χ0v) is 17.4. The first kappa shape index (κ1) is 21.1. The summed E-state index contributed by atoms with van der Waals surface area (Å²) in [4.78, 5) is 26.0. The van der Waals surface area contributed by atoms with Crippen LogP contribution in [-0.2, 0) is 4.79 Å². The minimum atomic E-state index is -1.02. The minimum absolute atomic E-state index is 0.0113. The van der Waals surface area contributed by atoms with E-state index in [1.807, 2.05) is 0 Å². The van der Waals surface area contributed by atoms with Crippen LogP contribution in [0.5, 0.6) is 11.5 Å². The standard InChI is InChI=1S/C25H20FNO5/c1-15(31-21-10-6-4-8-19(21)26)25(29)27-22-18-7-3-5-9-20(18)32-24(22)23(28)16-11-13-17(30-2)14-12-16/h3-15H,1-2H3,(H,27,29). The SMILES string of the molecule is COc1ccc(C(=O)c2oc3ccccc3c2NC(=O)C(C)Oc2ccccc2F)cc1. The van der Waals surface area contributed by atoms with Gasteiger partial charge in [-0.15, -0.1) is 0 Å². The van der Waals surface area contributed by atoms with E-state index in [1.165, 1.54) is 32.2 Å². The highest BCUT2D eigenvalue weighted by molar-refractivity contribution is 6.17. The number of ether oxygens (including phenoxy) is 2. The molecule has 32 heavy (non-hydrogen) atoms. The van der Waals surface area contributed by atoms with E-state index >= 15 is 0 Å². The van der Waals surface area contributed by atoms with Gasteiger partial charge in [-0.1, -0.05) is 24.3 Å². The van der Waals surface area contributed by atoms with Crippen LogP contribution in [0, 0.1) is 5.82 Å². The number of rotatable bonds is 7. The van der Waals surface area contributed by atoms with Gasteiger partial charge in [-0.2, -0.15) is 0 Å². The Morgan fingerprint density at radius 3 is 2.38 bits per heavy atom. The second kappa shape index (κ2) is 8.93. The van der Waals surface area contributed by atoms with E-state index in [1.54, 1.807) is 54.6 Å². The molecular formula is C25H20FNO5. The monoisotopic (exact) mass is 433 g/mol. The van der Waals surface area contributed by atoms with E-state index in [4.69, 9.17) is 13.9 Å². The van der Waals surface area contributed by atoms with Crippen LogP contribution in [0.15, 0.2) is 77.2 Å². The number of methoxy groups -OCH3 is 1. The molecule has 1 atom stereocenters. The van der Waals surface area contributed by atoms with Crippen molar-refractivity contribution in [2.24, 2.45) is 0 Å². The zero-order chi connectivity index (χ0) is 22.7. The van der Waals surface area contributed by atoms with Crippen molar-refractivity contribution in [3.05, 3.63) is 89.9 Å². The fraction of sp³-hybridized carbons (Fsp3) is 0.120. The van der Waals surface area contributed by atoms with Crippen molar-refractivity contribution in [2.45, 2.75) is 13.0 Å². The maximum atomic E-state index is 13.9. The van der Waals surface area contributed by atoms with Gasteiger partial charge in [-0.05, 0) is 55.5 Å². The average molecular weight is 433 g/mol. The van der Waals surface area contributed by atoms with Crippen molar-refractivity contribution < 1.29 is 27.9 Å². The number of fused-ring (bicyclic) bond motifs is 1. The lowest BCUT2D eigenvalue weighted by atomic mass is 10.1. The molecule has 0 fully saturated rings. The largest absolute Gasteiger partial charge is 0.497 e. The normalized spacial score (nSPS) is 11.7. The average Bonchev–Trinajstić information content (AvgIpc) is 3.18. The molecule has 0 aliphatic carbocycles. The zero-order valence-electron chi connectivity index (χ0n) is 17.4. The summed E-state index contributed by atoms with van der Waals surface area (Å²) in [5, 5.41) is 3.29. The second-order valence-corrected chi connectivity index (χ2v) is 7.04. The van der Waals surface area contributed by atoms with Crippen molar-refractivity contribution in [3.63, 3.8) is 0 Å². The van der Waals surface area contributed by atoms with Gasteiger partial charge in [-0.3, -0.25) is 9.59 Å². The minimum Gasteiger partial charge on any atom is -0.497 e. The van der Waals surface area contributed by atoms with Crippen molar-refractivity contribution >= 4 is 28.3 Å². The molecule has 0 spiro atoms. The van der Waals surface area contributed by atoms with Crippen molar-refractivity contribution in [1.82, 2.24) is 0 Å². The molecule has 1 unspecified atom stereocenters. The number of anilines is 1. The van der Waals surface area contributed by atoms with E-state index in [-0.39, 0.29) is 17.2 Å². The van der Waals surface area contributed by atoms with Crippen LogP contribution in [0.2, 0.25) is 0 Å². The molecule has 1 heterocycles. The third-order valence-electron chi connectivity index (χ3n) is 4.91. The number of para-hydroxylation sites is 2. The predicted octanol–water partition coefficient (Wildman–Crippen LogP) is 5.22. The van der Waals surface area contributed by atoms with E-state index in [2.05, 4.69) is 5.32 Å². The molecule has 0 saturated heterocycles. The Labute approximate surface area is 183 Å². The van der Waals surface area contributed by atoms with Crippen LogP contribution < -0.4 is 14.8 Å². The molecular weight excluding hydrogens is 413 g/mol. The number of furan rings is 1. The number of hydrogen-bond donors (Lipinski definition) is 1. The van der Waals surface area contributed by atoms with Crippen LogP contribution in [0.3, 0.4) is 0 Å². The van der Waals surface area contributed by atoms with Gasteiger partial charge in [0.25, 0.3) is 5.91 Å². The number of nitrogens with one attached hydrogen (secondary N) is 1. The fourth-order valence-electron chi connectivity index (χ4n) is 3.21. The quantitative estimate of drug-likeness (QED) is 0.405.